The number of anilines is 1. The number of aliphatic hydroxyl groups is 1. The van der Waals surface area contributed by atoms with Crippen molar-refractivity contribution in [3.8, 4) is 17.1 Å². The third-order valence-corrected chi connectivity index (χ3v) is 8.63. The molecule has 1 fully saturated rings. The smallest absolute Gasteiger partial charge is 0.411 e. The summed E-state index contributed by atoms with van der Waals surface area (Å²) in [4.78, 5) is 43.8. The maximum absolute atomic E-state index is 14.5. The first-order valence-corrected chi connectivity index (χ1v) is 16.8. The van der Waals surface area contributed by atoms with Gasteiger partial charge in [0.25, 0.3) is 18.7 Å². The van der Waals surface area contributed by atoms with Crippen molar-refractivity contribution in [2.24, 2.45) is 5.73 Å². The number of amides is 2. The number of primary amides is 1. The zero-order chi connectivity index (χ0) is 39.9. The molecule has 1 aliphatic heterocycles. The molecule has 54 heavy (non-hydrogen) atoms. The van der Waals surface area contributed by atoms with Gasteiger partial charge >= 0.3 is 12.2 Å². The van der Waals surface area contributed by atoms with Gasteiger partial charge in [-0.2, -0.15) is 4.98 Å². The molecule has 1 aliphatic rings. The average Bonchev–Trinajstić information content (AvgIpc) is 3.46. The zero-order valence-corrected chi connectivity index (χ0v) is 30.3. The van der Waals surface area contributed by atoms with Crippen LogP contribution < -0.4 is 20.7 Å². The molecule has 5 rings (SSSR count). The second kappa shape index (κ2) is 14.9. The fraction of sp³-hybridized carbons (Fsp3) is 0.486. The molecule has 0 spiro atoms. The first-order chi connectivity index (χ1) is 25.1. The predicted octanol–water partition coefficient (Wildman–Crippen LogP) is 6.40. The van der Waals surface area contributed by atoms with E-state index in [2.05, 4.69) is 25.3 Å². The molecule has 4 heterocycles. The van der Waals surface area contributed by atoms with Gasteiger partial charge in [-0.1, -0.05) is 20.8 Å². The van der Waals surface area contributed by atoms with Crippen LogP contribution in [0.5, 0.6) is 5.88 Å². The number of carbonyl (C=O) groups is 2. The first kappa shape index (κ1) is 40.0. The number of ether oxygens (including phenoxy) is 2. The second-order valence-electron chi connectivity index (χ2n) is 15.0. The van der Waals surface area contributed by atoms with Crippen LogP contribution >= 0.6 is 0 Å². The van der Waals surface area contributed by atoms with Gasteiger partial charge in [0.2, 0.25) is 0 Å². The molecule has 2 atom stereocenters. The number of nitrogens with zero attached hydrogens (tertiary/aromatic N) is 6. The number of aliphatic hydroxyl groups excluding tert-OH is 1. The highest BCUT2D eigenvalue weighted by Crippen LogP contribution is 2.38. The molecule has 3 aromatic heterocycles. The maximum Gasteiger partial charge on any atom is 0.411 e. The number of alkyl halides is 4. The third kappa shape index (κ3) is 8.61. The molecule has 13 nitrogen and oxygen atoms in total. The number of hydrogen-bond donors (Lipinski definition) is 3. The van der Waals surface area contributed by atoms with Crippen LogP contribution in [0.1, 0.15) is 77.8 Å². The number of carbonyl (C=O) groups excluding carboxylic acids is 2. The Morgan fingerprint density at radius 1 is 1.04 bits per heavy atom. The minimum atomic E-state index is -3.27. The summed E-state index contributed by atoms with van der Waals surface area (Å²) in [6.45, 7) is 9.82. The van der Waals surface area contributed by atoms with Crippen molar-refractivity contribution < 1.29 is 50.5 Å². The lowest BCUT2D eigenvalue weighted by atomic mass is 9.83. The number of alkyl carbamates (subject to hydrolysis) is 1. The van der Waals surface area contributed by atoms with Gasteiger partial charge in [0.1, 0.15) is 17.5 Å². The van der Waals surface area contributed by atoms with E-state index in [1.54, 1.807) is 46.4 Å². The fourth-order valence-electron chi connectivity index (χ4n) is 6.19. The number of nitrogens with one attached hydrogen (secondary N) is 1. The zero-order valence-electron chi connectivity index (χ0n) is 30.3. The molecular weight excluding hydrogens is 726 g/mol. The topological polar surface area (TPSA) is 171 Å². The minimum absolute atomic E-state index is 0.0387. The van der Waals surface area contributed by atoms with E-state index in [1.165, 1.54) is 23.2 Å². The van der Waals surface area contributed by atoms with Crippen LogP contribution in [-0.4, -0.2) is 78.6 Å². The fourth-order valence-corrected chi connectivity index (χ4v) is 6.19. The number of imidazole rings is 1. The van der Waals surface area contributed by atoms with Gasteiger partial charge in [-0.25, -0.2) is 45.9 Å². The summed E-state index contributed by atoms with van der Waals surface area (Å²) >= 11 is 0. The molecule has 0 bridgehead atoms. The molecule has 292 valence electrons. The van der Waals surface area contributed by atoms with Crippen molar-refractivity contribution in [2.45, 2.75) is 96.4 Å². The lowest BCUT2D eigenvalue weighted by Crippen LogP contribution is -2.67. The molecular formula is C35H40F6N8O5. The number of benzene rings is 1. The summed E-state index contributed by atoms with van der Waals surface area (Å²) < 4.78 is 97.3. The van der Waals surface area contributed by atoms with Crippen molar-refractivity contribution in [2.75, 3.05) is 18.0 Å². The van der Waals surface area contributed by atoms with E-state index < -0.39 is 70.5 Å². The van der Waals surface area contributed by atoms with Gasteiger partial charge in [0, 0.05) is 29.6 Å². The quantitative estimate of drug-likeness (QED) is 0.162. The Morgan fingerprint density at radius 3 is 2.33 bits per heavy atom. The van der Waals surface area contributed by atoms with Crippen molar-refractivity contribution in [1.82, 2.24) is 29.8 Å². The van der Waals surface area contributed by atoms with Crippen LogP contribution in [0.3, 0.4) is 0 Å². The summed E-state index contributed by atoms with van der Waals surface area (Å²) in [7, 11) is 0. The summed E-state index contributed by atoms with van der Waals surface area (Å²) in [6, 6.07) is 2.32. The molecule has 0 aliphatic carbocycles. The van der Waals surface area contributed by atoms with Crippen LogP contribution in [0.2, 0.25) is 0 Å². The summed E-state index contributed by atoms with van der Waals surface area (Å²) in [5.74, 6) is -2.88. The Balaban J connectivity index is 1.68. The summed E-state index contributed by atoms with van der Waals surface area (Å²) in [6.07, 6.45) is -8.33. The normalized spacial score (nSPS) is 17.3. The van der Waals surface area contributed by atoms with Crippen LogP contribution in [0, 0.1) is 11.6 Å². The number of aromatic nitrogens is 5. The summed E-state index contributed by atoms with van der Waals surface area (Å²) in [5, 5.41) is 13.3. The lowest BCUT2D eigenvalue weighted by Gasteiger charge is -2.46. The molecule has 1 saturated heterocycles. The predicted molar refractivity (Wildman–Crippen MR) is 183 cm³/mol. The molecule has 0 saturated carbocycles. The molecule has 2 amide bonds. The van der Waals surface area contributed by atoms with Crippen LogP contribution in [0.4, 0.5) is 41.6 Å². The number of rotatable bonds is 9. The van der Waals surface area contributed by atoms with E-state index in [0.29, 0.717) is 12.1 Å². The number of pyridine rings is 1. The van der Waals surface area contributed by atoms with E-state index in [4.69, 9.17) is 15.2 Å². The van der Waals surface area contributed by atoms with Crippen LogP contribution in [-0.2, 0) is 16.7 Å². The van der Waals surface area contributed by atoms with E-state index in [-0.39, 0.29) is 72.3 Å². The maximum atomic E-state index is 14.5. The highest BCUT2D eigenvalue weighted by Gasteiger charge is 2.48. The number of hydrogen-bond acceptors (Lipinski definition) is 10. The SMILES string of the molecule is CC(C)(C)OC(=O)NC1(C(O)C(F)F)CCCN(c2cnc(-c3cc(F)c(F)cc3C(F)F)cc2Cn2cnc3c(OC(N)=O)nc(C(C)(C)C)nc32)C1. The van der Waals surface area contributed by atoms with Gasteiger partial charge in [0.15, 0.2) is 22.8 Å². The highest BCUT2D eigenvalue weighted by atomic mass is 19.3. The van der Waals surface area contributed by atoms with E-state index in [0.717, 1.165) is 0 Å². The molecule has 4 aromatic rings. The molecule has 4 N–H and O–H groups in total. The van der Waals surface area contributed by atoms with Gasteiger partial charge in [-0.3, -0.25) is 4.98 Å². The average molecular weight is 767 g/mol. The first-order valence-electron chi connectivity index (χ1n) is 16.8. The Morgan fingerprint density at radius 2 is 1.72 bits per heavy atom. The van der Waals surface area contributed by atoms with E-state index in [9.17, 15) is 41.0 Å². The van der Waals surface area contributed by atoms with Gasteiger partial charge in [0.05, 0.1) is 36.0 Å². The molecule has 0 radical (unpaired) electrons. The third-order valence-electron chi connectivity index (χ3n) is 8.63. The summed E-state index contributed by atoms with van der Waals surface area (Å²) in [5.41, 5.74) is 0.990. The number of fused-ring (bicyclic) bond motifs is 1. The van der Waals surface area contributed by atoms with Gasteiger partial charge < -0.3 is 35.1 Å². The van der Waals surface area contributed by atoms with Crippen LogP contribution in [0.25, 0.3) is 22.4 Å². The Labute approximate surface area is 305 Å². The Hall–Kier alpha value is -5.20. The van der Waals surface area contributed by atoms with Gasteiger partial charge in [-0.15, -0.1) is 0 Å². The van der Waals surface area contributed by atoms with Crippen molar-refractivity contribution in [3.63, 3.8) is 0 Å². The van der Waals surface area contributed by atoms with Crippen molar-refractivity contribution in [3.05, 3.63) is 59.3 Å². The number of nitrogens with two attached hydrogens (primary N) is 1. The van der Waals surface area contributed by atoms with Crippen molar-refractivity contribution >= 4 is 29.0 Å². The Bertz CT molecular complexity index is 2050. The van der Waals surface area contributed by atoms with E-state index in [1.807, 2.05) is 0 Å². The highest BCUT2D eigenvalue weighted by molar-refractivity contribution is 5.80. The van der Waals surface area contributed by atoms with Gasteiger partial charge in [-0.05, 0) is 57.4 Å². The number of halogens is 6. The Kier molecular flexibility index (Phi) is 11.0. The van der Waals surface area contributed by atoms with Crippen LogP contribution in [0.15, 0.2) is 30.7 Å². The largest absolute Gasteiger partial charge is 0.444 e. The molecule has 2 unspecified atom stereocenters. The van der Waals surface area contributed by atoms with E-state index >= 15 is 0 Å². The molecule has 19 heteroatoms. The monoisotopic (exact) mass is 766 g/mol. The molecule has 1 aromatic carbocycles. The minimum Gasteiger partial charge on any atom is -0.444 e. The van der Waals surface area contributed by atoms with Crippen molar-refractivity contribution in [1.29, 1.82) is 0 Å². The lowest BCUT2D eigenvalue weighted by molar-refractivity contribution is -0.0664. The number of piperidine rings is 1. The second-order valence-corrected chi connectivity index (χ2v) is 15.0. The standard InChI is InChI=1S/C35H40F6N8O5/c1-33(2,3)30-45-28-24(29(46-30)53-31(42)51)44-16-49(28)14-17-10-22(18-11-20(36)21(37)12-19(18)26(38)39)43-13-23(17)48-9-7-8-35(15-48,25(50)27(40)41)47-32(52)54-34(4,5)6/h10-13,16,25-27,50H,7-9,14-15H2,1-6H3,(H2,42,51)(H,47,52).